The summed E-state index contributed by atoms with van der Waals surface area (Å²) in [5.41, 5.74) is 0. The summed E-state index contributed by atoms with van der Waals surface area (Å²) in [6.45, 7) is 6.17. The lowest BCUT2D eigenvalue weighted by Crippen LogP contribution is -2.32. The number of carbonyl (C=O) groups excluding carboxylic acids is 2. The molecule has 0 unspecified atom stereocenters. The Bertz CT molecular complexity index is 596. The molecule has 8 heteroatoms. The van der Waals surface area contributed by atoms with Crippen LogP contribution < -0.4 is 5.32 Å². The van der Waals surface area contributed by atoms with Crippen LogP contribution in [-0.4, -0.2) is 41.0 Å². The SMILES string of the molecule is CC[C@@H](C)n1nccc1NC(=O)[C@H](C)OC(=O)C1=COCCO1. The van der Waals surface area contributed by atoms with Gasteiger partial charge in [0, 0.05) is 6.07 Å². The van der Waals surface area contributed by atoms with Crippen molar-refractivity contribution in [3.63, 3.8) is 0 Å². The predicted octanol–water partition coefficient (Wildman–Crippen LogP) is 1.61. The zero-order chi connectivity index (χ0) is 16.8. The third-order valence-electron chi connectivity index (χ3n) is 3.43. The van der Waals surface area contributed by atoms with Crippen molar-refractivity contribution in [2.75, 3.05) is 18.5 Å². The van der Waals surface area contributed by atoms with Gasteiger partial charge in [-0.25, -0.2) is 9.48 Å². The molecule has 0 saturated heterocycles. The molecule has 126 valence electrons. The molecule has 2 heterocycles. The van der Waals surface area contributed by atoms with Crippen molar-refractivity contribution in [3.8, 4) is 0 Å². The predicted molar refractivity (Wildman–Crippen MR) is 81.4 cm³/mol. The molecule has 0 saturated carbocycles. The second kappa shape index (κ2) is 7.66. The summed E-state index contributed by atoms with van der Waals surface area (Å²) >= 11 is 0. The summed E-state index contributed by atoms with van der Waals surface area (Å²) in [6.07, 6.45) is 2.69. The highest BCUT2D eigenvalue weighted by molar-refractivity contribution is 5.96. The first-order chi connectivity index (χ1) is 11.0. The molecule has 2 atom stereocenters. The summed E-state index contributed by atoms with van der Waals surface area (Å²) in [4.78, 5) is 24.0. The maximum atomic E-state index is 12.2. The summed E-state index contributed by atoms with van der Waals surface area (Å²) < 4.78 is 16.9. The molecular formula is C15H21N3O5. The summed E-state index contributed by atoms with van der Waals surface area (Å²) in [5.74, 6) is -0.659. The fourth-order valence-corrected chi connectivity index (χ4v) is 1.91. The number of hydrogen-bond acceptors (Lipinski definition) is 6. The van der Waals surface area contributed by atoms with Crippen LogP contribution in [-0.2, 0) is 23.8 Å². The van der Waals surface area contributed by atoms with E-state index in [1.165, 1.54) is 13.2 Å². The lowest BCUT2D eigenvalue weighted by molar-refractivity contribution is -0.153. The van der Waals surface area contributed by atoms with Gasteiger partial charge >= 0.3 is 5.97 Å². The number of ether oxygens (including phenoxy) is 3. The van der Waals surface area contributed by atoms with E-state index in [0.717, 1.165) is 6.42 Å². The van der Waals surface area contributed by atoms with E-state index in [-0.39, 0.29) is 18.4 Å². The maximum absolute atomic E-state index is 12.2. The van der Waals surface area contributed by atoms with Crippen LogP contribution in [0.3, 0.4) is 0 Å². The van der Waals surface area contributed by atoms with Crippen molar-refractivity contribution in [3.05, 3.63) is 24.3 Å². The molecule has 8 nitrogen and oxygen atoms in total. The third-order valence-corrected chi connectivity index (χ3v) is 3.43. The molecule has 0 bridgehead atoms. The monoisotopic (exact) mass is 323 g/mol. The average molecular weight is 323 g/mol. The van der Waals surface area contributed by atoms with Crippen molar-refractivity contribution < 1.29 is 23.8 Å². The zero-order valence-corrected chi connectivity index (χ0v) is 13.4. The standard InChI is InChI=1S/C15H21N3O5/c1-4-10(2)18-13(5-6-16-18)17-14(19)11(3)23-15(20)12-9-21-7-8-22-12/h5-6,9-11H,4,7-8H2,1-3H3,(H,17,19)/t10-,11+/m1/s1. The second-order valence-electron chi connectivity index (χ2n) is 5.16. The highest BCUT2D eigenvalue weighted by Crippen LogP contribution is 2.17. The van der Waals surface area contributed by atoms with E-state index in [9.17, 15) is 9.59 Å². The van der Waals surface area contributed by atoms with Gasteiger partial charge in [-0.15, -0.1) is 0 Å². The minimum absolute atomic E-state index is 0.0412. The molecule has 23 heavy (non-hydrogen) atoms. The molecule has 1 aromatic rings. The van der Waals surface area contributed by atoms with E-state index >= 15 is 0 Å². The zero-order valence-electron chi connectivity index (χ0n) is 13.4. The number of esters is 1. The summed E-state index contributed by atoms with van der Waals surface area (Å²) in [5, 5.41) is 6.89. The highest BCUT2D eigenvalue weighted by Gasteiger charge is 2.24. The van der Waals surface area contributed by atoms with Crippen LogP contribution in [0.1, 0.15) is 33.2 Å². The Morgan fingerprint density at radius 1 is 1.43 bits per heavy atom. The molecular weight excluding hydrogens is 302 g/mol. The van der Waals surface area contributed by atoms with Gasteiger partial charge in [-0.2, -0.15) is 5.10 Å². The number of anilines is 1. The minimum atomic E-state index is -0.978. The van der Waals surface area contributed by atoms with Crippen LogP contribution >= 0.6 is 0 Å². The van der Waals surface area contributed by atoms with Crippen molar-refractivity contribution in [2.45, 2.75) is 39.3 Å². The Kier molecular flexibility index (Phi) is 5.61. The van der Waals surface area contributed by atoms with E-state index in [0.29, 0.717) is 12.4 Å². The molecule has 0 aromatic carbocycles. The van der Waals surface area contributed by atoms with Crippen molar-refractivity contribution in [1.82, 2.24) is 9.78 Å². The Balaban J connectivity index is 1.94. The first-order valence-corrected chi connectivity index (χ1v) is 7.52. The van der Waals surface area contributed by atoms with E-state index in [4.69, 9.17) is 14.2 Å². The van der Waals surface area contributed by atoms with E-state index in [1.54, 1.807) is 16.9 Å². The smallest absolute Gasteiger partial charge is 0.377 e. The molecule has 1 aromatic heterocycles. The fourth-order valence-electron chi connectivity index (χ4n) is 1.91. The normalized spacial score (nSPS) is 16.4. The molecule has 1 N–H and O–H groups in total. The molecule has 1 aliphatic heterocycles. The molecule has 1 aliphatic rings. The first kappa shape index (κ1) is 16.9. The Labute approximate surface area is 134 Å². The van der Waals surface area contributed by atoms with Crippen LogP contribution in [0, 0.1) is 0 Å². The third kappa shape index (κ3) is 4.24. The van der Waals surface area contributed by atoms with Gasteiger partial charge in [-0.05, 0) is 20.3 Å². The van der Waals surface area contributed by atoms with Gasteiger partial charge in [0.05, 0.1) is 12.2 Å². The maximum Gasteiger partial charge on any atom is 0.377 e. The van der Waals surface area contributed by atoms with Crippen LogP contribution in [0.25, 0.3) is 0 Å². The number of amides is 1. The Morgan fingerprint density at radius 2 is 2.22 bits per heavy atom. The van der Waals surface area contributed by atoms with Crippen LogP contribution in [0.5, 0.6) is 0 Å². The number of aromatic nitrogens is 2. The lowest BCUT2D eigenvalue weighted by atomic mass is 10.3. The number of carbonyl (C=O) groups is 2. The highest BCUT2D eigenvalue weighted by atomic mass is 16.6. The van der Waals surface area contributed by atoms with Gasteiger partial charge < -0.3 is 19.5 Å². The molecule has 0 radical (unpaired) electrons. The van der Waals surface area contributed by atoms with Gasteiger partial charge in [0.15, 0.2) is 6.10 Å². The van der Waals surface area contributed by atoms with E-state index < -0.39 is 18.0 Å². The van der Waals surface area contributed by atoms with Gasteiger partial charge in [-0.1, -0.05) is 6.92 Å². The molecule has 0 spiro atoms. The van der Waals surface area contributed by atoms with Crippen LogP contribution in [0.2, 0.25) is 0 Å². The fraction of sp³-hybridized carbons (Fsp3) is 0.533. The summed E-state index contributed by atoms with van der Waals surface area (Å²) in [6, 6.07) is 1.84. The molecule has 1 amide bonds. The van der Waals surface area contributed by atoms with Gasteiger partial charge in [0.1, 0.15) is 25.3 Å². The Morgan fingerprint density at radius 3 is 2.87 bits per heavy atom. The number of nitrogens with zero attached hydrogens (tertiary/aromatic N) is 2. The number of rotatable bonds is 6. The number of nitrogens with one attached hydrogen (secondary N) is 1. The second-order valence-corrected chi connectivity index (χ2v) is 5.16. The number of hydrogen-bond donors (Lipinski definition) is 1. The van der Waals surface area contributed by atoms with Gasteiger partial charge in [-0.3, -0.25) is 4.79 Å². The largest absolute Gasteiger partial charge is 0.493 e. The van der Waals surface area contributed by atoms with Crippen molar-refractivity contribution in [1.29, 1.82) is 0 Å². The van der Waals surface area contributed by atoms with Crippen LogP contribution in [0.15, 0.2) is 24.3 Å². The van der Waals surface area contributed by atoms with Gasteiger partial charge in [0.25, 0.3) is 5.91 Å². The summed E-state index contributed by atoms with van der Waals surface area (Å²) in [7, 11) is 0. The van der Waals surface area contributed by atoms with E-state index in [2.05, 4.69) is 10.4 Å². The average Bonchev–Trinajstić information content (AvgIpc) is 3.02. The topological polar surface area (TPSA) is 91.7 Å². The van der Waals surface area contributed by atoms with E-state index in [1.807, 2.05) is 13.8 Å². The molecule has 0 fully saturated rings. The quantitative estimate of drug-likeness (QED) is 0.800. The van der Waals surface area contributed by atoms with Crippen molar-refractivity contribution in [2.24, 2.45) is 0 Å². The first-order valence-electron chi connectivity index (χ1n) is 7.52. The lowest BCUT2D eigenvalue weighted by Gasteiger charge is -2.18. The van der Waals surface area contributed by atoms with Crippen LogP contribution in [0.4, 0.5) is 5.82 Å². The van der Waals surface area contributed by atoms with Gasteiger partial charge in [0.2, 0.25) is 5.76 Å². The Hall–Kier alpha value is -2.51. The minimum Gasteiger partial charge on any atom is -0.493 e. The van der Waals surface area contributed by atoms with Crippen molar-refractivity contribution >= 4 is 17.7 Å². The molecule has 2 rings (SSSR count). The molecule has 0 aliphatic carbocycles.